The summed E-state index contributed by atoms with van der Waals surface area (Å²) in [6, 6.07) is 10.3. The highest BCUT2D eigenvalue weighted by Crippen LogP contribution is 2.43. The number of hydrogen-bond acceptors (Lipinski definition) is 4. The first kappa shape index (κ1) is 18.3. The van der Waals surface area contributed by atoms with E-state index >= 15 is 0 Å². The van der Waals surface area contributed by atoms with E-state index in [0.29, 0.717) is 22.9 Å². The van der Waals surface area contributed by atoms with Crippen molar-refractivity contribution in [2.75, 3.05) is 12.3 Å². The molecule has 2 amide bonds. The number of thioether (sulfide) groups is 1. The minimum absolute atomic E-state index is 0.0873. The Morgan fingerprint density at radius 3 is 2.68 bits per heavy atom. The molecule has 1 aromatic carbocycles. The van der Waals surface area contributed by atoms with Crippen LogP contribution >= 0.6 is 34.7 Å². The zero-order valence-corrected chi connectivity index (χ0v) is 16.2. The van der Waals surface area contributed by atoms with E-state index in [2.05, 4.69) is 5.32 Å². The maximum absolute atomic E-state index is 13.1. The fourth-order valence-corrected chi connectivity index (χ4v) is 5.24. The molecule has 2 atom stereocenters. The molecule has 7 heteroatoms. The highest BCUT2D eigenvalue weighted by Gasteiger charge is 2.42. The lowest BCUT2D eigenvalue weighted by Gasteiger charge is -2.28. The van der Waals surface area contributed by atoms with Crippen molar-refractivity contribution in [1.29, 1.82) is 0 Å². The van der Waals surface area contributed by atoms with Crippen LogP contribution in [-0.4, -0.2) is 35.1 Å². The minimum atomic E-state index is -0.466. The Bertz CT molecular complexity index is 734. The second-order valence-electron chi connectivity index (χ2n) is 5.73. The summed E-state index contributed by atoms with van der Waals surface area (Å²) in [6.45, 7) is 2.63. The van der Waals surface area contributed by atoms with Gasteiger partial charge in [0.05, 0.1) is 0 Å². The van der Waals surface area contributed by atoms with E-state index < -0.39 is 6.04 Å². The molecule has 1 fully saturated rings. The average molecular weight is 395 g/mol. The number of nitrogens with one attached hydrogen (secondary N) is 1. The van der Waals surface area contributed by atoms with Crippen LogP contribution in [0.1, 0.15) is 34.0 Å². The molecule has 1 aromatic heterocycles. The molecular formula is C18H19ClN2O2S2. The van der Waals surface area contributed by atoms with Crippen molar-refractivity contribution in [1.82, 2.24) is 10.2 Å². The van der Waals surface area contributed by atoms with E-state index in [0.717, 1.165) is 11.3 Å². The van der Waals surface area contributed by atoms with Crippen molar-refractivity contribution in [3.8, 4) is 0 Å². The molecule has 1 N–H and O–H groups in total. The first-order valence-corrected chi connectivity index (χ1v) is 10.4. The van der Waals surface area contributed by atoms with Crippen LogP contribution in [0.4, 0.5) is 0 Å². The Labute approximate surface area is 160 Å². The third-order valence-corrected chi connectivity index (χ3v) is 6.60. The van der Waals surface area contributed by atoms with Gasteiger partial charge in [-0.25, -0.2) is 0 Å². The van der Waals surface area contributed by atoms with Gasteiger partial charge in [0, 0.05) is 27.8 Å². The number of benzene rings is 1. The van der Waals surface area contributed by atoms with Crippen molar-refractivity contribution in [3.63, 3.8) is 0 Å². The largest absolute Gasteiger partial charge is 0.354 e. The van der Waals surface area contributed by atoms with Crippen LogP contribution in [0.15, 0.2) is 41.8 Å². The molecular weight excluding hydrogens is 376 g/mol. The van der Waals surface area contributed by atoms with Crippen LogP contribution in [0.25, 0.3) is 0 Å². The molecule has 25 heavy (non-hydrogen) atoms. The van der Waals surface area contributed by atoms with Gasteiger partial charge in [-0.1, -0.05) is 24.6 Å². The Morgan fingerprint density at radius 2 is 2.04 bits per heavy atom. The third-order valence-electron chi connectivity index (χ3n) is 3.96. The predicted molar refractivity (Wildman–Crippen MR) is 104 cm³/mol. The highest BCUT2D eigenvalue weighted by atomic mass is 35.5. The molecule has 4 nitrogen and oxygen atoms in total. The molecule has 2 heterocycles. The number of carbonyl (C=O) groups excluding carboxylic acids is 2. The molecule has 0 spiro atoms. The van der Waals surface area contributed by atoms with Crippen LogP contribution in [0, 0.1) is 0 Å². The average Bonchev–Trinajstić information content (AvgIpc) is 3.28. The maximum Gasteiger partial charge on any atom is 0.255 e. The second kappa shape index (κ2) is 8.25. The zero-order valence-electron chi connectivity index (χ0n) is 13.8. The van der Waals surface area contributed by atoms with Crippen LogP contribution < -0.4 is 5.32 Å². The van der Waals surface area contributed by atoms with Gasteiger partial charge in [0.1, 0.15) is 11.4 Å². The van der Waals surface area contributed by atoms with E-state index in [1.54, 1.807) is 52.3 Å². The number of amides is 2. The summed E-state index contributed by atoms with van der Waals surface area (Å²) >= 11 is 9.17. The topological polar surface area (TPSA) is 49.4 Å². The number of thiophene rings is 1. The van der Waals surface area contributed by atoms with E-state index in [1.807, 2.05) is 24.4 Å². The number of nitrogens with zero attached hydrogens (tertiary/aromatic N) is 1. The predicted octanol–water partition coefficient (Wildman–Crippen LogP) is 4.18. The van der Waals surface area contributed by atoms with Crippen molar-refractivity contribution in [2.45, 2.75) is 24.8 Å². The van der Waals surface area contributed by atoms with Crippen LogP contribution in [0.5, 0.6) is 0 Å². The van der Waals surface area contributed by atoms with Gasteiger partial charge in [-0.3, -0.25) is 9.59 Å². The van der Waals surface area contributed by atoms with Gasteiger partial charge in [0.15, 0.2) is 0 Å². The van der Waals surface area contributed by atoms with Crippen molar-refractivity contribution in [2.24, 2.45) is 0 Å². The van der Waals surface area contributed by atoms with Gasteiger partial charge < -0.3 is 10.2 Å². The first-order valence-electron chi connectivity index (χ1n) is 8.12. The molecule has 1 saturated heterocycles. The fourth-order valence-electron chi connectivity index (χ4n) is 2.71. The molecule has 2 aromatic rings. The van der Waals surface area contributed by atoms with Crippen molar-refractivity contribution < 1.29 is 9.59 Å². The summed E-state index contributed by atoms with van der Waals surface area (Å²) in [7, 11) is 0. The van der Waals surface area contributed by atoms with Crippen molar-refractivity contribution in [3.05, 3.63) is 57.2 Å². The van der Waals surface area contributed by atoms with E-state index in [9.17, 15) is 9.59 Å². The number of hydrogen-bond donors (Lipinski definition) is 1. The number of carbonyl (C=O) groups is 2. The van der Waals surface area contributed by atoms with Gasteiger partial charge in [-0.05, 0) is 42.1 Å². The normalized spacial score (nSPS) is 19.8. The summed E-state index contributed by atoms with van der Waals surface area (Å²) in [5.41, 5.74) is 0.543. The molecule has 132 valence electrons. The zero-order chi connectivity index (χ0) is 17.8. The first-order chi connectivity index (χ1) is 12.1. The van der Waals surface area contributed by atoms with Gasteiger partial charge >= 0.3 is 0 Å². The molecule has 0 saturated carbocycles. The van der Waals surface area contributed by atoms with Gasteiger partial charge in [-0.15, -0.1) is 23.1 Å². The van der Waals surface area contributed by atoms with E-state index in [-0.39, 0.29) is 17.2 Å². The third kappa shape index (κ3) is 4.02. The summed E-state index contributed by atoms with van der Waals surface area (Å²) in [4.78, 5) is 28.5. The van der Waals surface area contributed by atoms with Gasteiger partial charge in [0.25, 0.3) is 5.91 Å². The minimum Gasteiger partial charge on any atom is -0.354 e. The lowest BCUT2D eigenvalue weighted by Crippen LogP contribution is -2.48. The fraction of sp³-hybridized carbons (Fsp3) is 0.333. The lowest BCUT2D eigenvalue weighted by atomic mass is 10.1. The lowest BCUT2D eigenvalue weighted by molar-refractivity contribution is -0.124. The van der Waals surface area contributed by atoms with Crippen LogP contribution in [-0.2, 0) is 4.79 Å². The standard InChI is InChI=1S/C18H19ClN2O2S2/c1-2-9-20-16(22)14-11-25-18(15-4-3-10-24-15)21(14)17(23)12-5-7-13(19)8-6-12/h3-8,10,14,18H,2,9,11H2,1H3,(H,20,22)/t14-,18+/m0/s1. The quantitative estimate of drug-likeness (QED) is 0.827. The Morgan fingerprint density at radius 1 is 1.28 bits per heavy atom. The molecule has 1 aliphatic rings. The summed E-state index contributed by atoms with van der Waals surface area (Å²) in [6.07, 6.45) is 0.866. The molecule has 1 aliphatic heterocycles. The molecule has 0 radical (unpaired) electrons. The maximum atomic E-state index is 13.1. The number of rotatable bonds is 5. The molecule has 0 unspecified atom stereocenters. The van der Waals surface area contributed by atoms with E-state index in [1.165, 1.54) is 0 Å². The van der Waals surface area contributed by atoms with Gasteiger partial charge in [0.2, 0.25) is 5.91 Å². The monoisotopic (exact) mass is 394 g/mol. The smallest absolute Gasteiger partial charge is 0.255 e. The van der Waals surface area contributed by atoms with E-state index in [4.69, 9.17) is 11.6 Å². The molecule has 0 bridgehead atoms. The Kier molecular flexibility index (Phi) is 6.04. The summed E-state index contributed by atoms with van der Waals surface area (Å²) in [5, 5.41) is 5.36. The summed E-state index contributed by atoms with van der Waals surface area (Å²) < 4.78 is 0. The number of halogens is 1. The second-order valence-corrected chi connectivity index (χ2v) is 8.26. The highest BCUT2D eigenvalue weighted by molar-refractivity contribution is 7.99. The van der Waals surface area contributed by atoms with Crippen LogP contribution in [0.3, 0.4) is 0 Å². The molecule has 0 aliphatic carbocycles. The molecule has 3 rings (SSSR count). The SMILES string of the molecule is CCCNC(=O)[C@@H]1CS[C@H](c2cccs2)N1C(=O)c1ccc(Cl)cc1. The summed E-state index contributed by atoms with van der Waals surface area (Å²) in [5.74, 6) is 0.365. The van der Waals surface area contributed by atoms with Crippen molar-refractivity contribution >= 4 is 46.5 Å². The van der Waals surface area contributed by atoms with Gasteiger partial charge in [-0.2, -0.15) is 0 Å². The Balaban J connectivity index is 1.90. The van der Waals surface area contributed by atoms with Crippen LogP contribution in [0.2, 0.25) is 5.02 Å². The Hall–Kier alpha value is -1.50.